The van der Waals surface area contributed by atoms with Crippen molar-refractivity contribution in [3.63, 3.8) is 0 Å². The lowest BCUT2D eigenvalue weighted by Crippen LogP contribution is -2.37. The van der Waals surface area contributed by atoms with Crippen molar-refractivity contribution in [2.24, 2.45) is 0 Å². The summed E-state index contributed by atoms with van der Waals surface area (Å²) in [6.45, 7) is 6.80. The Hall–Kier alpha value is -3.48. The lowest BCUT2D eigenvalue weighted by atomic mass is 10.2. The van der Waals surface area contributed by atoms with Gasteiger partial charge in [-0.3, -0.25) is 19.5 Å². The van der Waals surface area contributed by atoms with Gasteiger partial charge in [-0.05, 0) is 37.7 Å². The van der Waals surface area contributed by atoms with Crippen LogP contribution in [0.3, 0.4) is 0 Å². The monoisotopic (exact) mass is 480 g/mol. The summed E-state index contributed by atoms with van der Waals surface area (Å²) in [6.07, 6.45) is 2.35. The van der Waals surface area contributed by atoms with E-state index in [9.17, 15) is 14.0 Å². The van der Waals surface area contributed by atoms with Gasteiger partial charge < -0.3 is 15.4 Å². The Morgan fingerprint density at radius 2 is 2.12 bits per heavy atom. The fourth-order valence-electron chi connectivity index (χ4n) is 3.56. The number of ether oxygens (including phenoxy) is 1. The van der Waals surface area contributed by atoms with Gasteiger partial charge in [0.05, 0.1) is 21.6 Å². The Morgan fingerprint density at radius 3 is 2.82 bits per heavy atom. The Morgan fingerprint density at radius 1 is 1.29 bits per heavy atom. The molecule has 2 aromatic heterocycles. The molecule has 2 amide bonds. The smallest absolute Gasteiger partial charge is 0.246 e. The molecular formula is C25H25FN4O3S. The molecule has 0 bridgehead atoms. The zero-order valence-corrected chi connectivity index (χ0v) is 19.8. The van der Waals surface area contributed by atoms with Crippen LogP contribution in [-0.4, -0.2) is 47.4 Å². The van der Waals surface area contributed by atoms with Gasteiger partial charge >= 0.3 is 0 Å². The average Bonchev–Trinajstić information content (AvgIpc) is 3.45. The van der Waals surface area contributed by atoms with Crippen LogP contribution in [0, 0.1) is 17.7 Å². The number of fused-ring (bicyclic) bond motifs is 1. The van der Waals surface area contributed by atoms with Crippen molar-refractivity contribution in [3.8, 4) is 23.3 Å². The minimum absolute atomic E-state index is 0.0298. The van der Waals surface area contributed by atoms with Gasteiger partial charge in [0.2, 0.25) is 11.8 Å². The van der Waals surface area contributed by atoms with E-state index in [0.717, 1.165) is 28.2 Å². The second kappa shape index (κ2) is 10.6. The number of carbonyl (C=O) groups excluding carboxylic acids is 2. The van der Waals surface area contributed by atoms with Crippen LogP contribution in [0.25, 0.3) is 10.2 Å². The number of pyridine rings is 1. The third-order valence-corrected chi connectivity index (χ3v) is 6.57. The highest BCUT2D eigenvalue weighted by Gasteiger charge is 2.27. The van der Waals surface area contributed by atoms with Crippen molar-refractivity contribution >= 4 is 39.1 Å². The van der Waals surface area contributed by atoms with E-state index >= 15 is 0 Å². The van der Waals surface area contributed by atoms with Crippen molar-refractivity contribution in [2.45, 2.75) is 32.7 Å². The highest BCUT2D eigenvalue weighted by molar-refractivity contribution is 7.19. The molecule has 0 saturated carbocycles. The van der Waals surface area contributed by atoms with Crippen LogP contribution in [0.2, 0.25) is 0 Å². The number of amides is 2. The van der Waals surface area contributed by atoms with E-state index in [1.54, 1.807) is 18.3 Å². The maximum absolute atomic E-state index is 14.8. The minimum atomic E-state index is -0.617. The molecular weight excluding hydrogens is 455 g/mol. The van der Waals surface area contributed by atoms with Gasteiger partial charge in [0.1, 0.15) is 11.8 Å². The summed E-state index contributed by atoms with van der Waals surface area (Å²) in [5.41, 5.74) is 1.02. The minimum Gasteiger partial charge on any atom is -0.453 e. The first-order chi connectivity index (χ1) is 16.5. The predicted molar refractivity (Wildman–Crippen MR) is 131 cm³/mol. The number of nitrogens with one attached hydrogen (secondary N) is 2. The molecule has 9 heteroatoms. The summed E-state index contributed by atoms with van der Waals surface area (Å²) < 4.78 is 21.4. The number of rotatable bonds is 7. The molecule has 4 rings (SSSR count). The number of aromatic nitrogens is 1. The molecule has 0 radical (unpaired) electrons. The summed E-state index contributed by atoms with van der Waals surface area (Å²) in [5, 5.41) is 5.22. The predicted octanol–water partition coefficient (Wildman–Crippen LogP) is 4.14. The van der Waals surface area contributed by atoms with Gasteiger partial charge in [-0.2, -0.15) is 0 Å². The molecule has 3 heterocycles. The molecule has 1 fully saturated rings. The zero-order valence-electron chi connectivity index (χ0n) is 19.0. The Bertz CT molecular complexity index is 1280. The van der Waals surface area contributed by atoms with Gasteiger partial charge in [0.25, 0.3) is 0 Å². The maximum Gasteiger partial charge on any atom is 0.246 e. The molecule has 1 aromatic carbocycles. The first-order valence-electron chi connectivity index (χ1n) is 11.1. The van der Waals surface area contributed by atoms with Crippen molar-refractivity contribution in [1.29, 1.82) is 0 Å². The van der Waals surface area contributed by atoms with Crippen molar-refractivity contribution in [1.82, 2.24) is 15.2 Å². The Kier molecular flexibility index (Phi) is 7.40. The van der Waals surface area contributed by atoms with Crippen LogP contribution in [0.1, 0.15) is 31.6 Å². The van der Waals surface area contributed by atoms with Crippen molar-refractivity contribution in [2.75, 3.05) is 25.0 Å². The number of thiophene rings is 1. The number of carbonyl (C=O) groups is 2. The molecule has 0 spiro atoms. The number of benzene rings is 1. The molecule has 2 N–H and O–H groups in total. The van der Waals surface area contributed by atoms with Crippen molar-refractivity contribution in [3.05, 3.63) is 47.2 Å². The van der Waals surface area contributed by atoms with Gasteiger partial charge in [0.15, 0.2) is 11.6 Å². The third kappa shape index (κ3) is 5.53. The molecule has 0 aliphatic carbocycles. The number of nitrogens with zero attached hydrogens (tertiary/aromatic N) is 2. The van der Waals surface area contributed by atoms with Gasteiger partial charge in [-0.25, -0.2) is 4.39 Å². The molecule has 1 unspecified atom stereocenters. The molecule has 34 heavy (non-hydrogen) atoms. The van der Waals surface area contributed by atoms with Gasteiger partial charge in [-0.15, -0.1) is 11.3 Å². The molecule has 3 aromatic rings. The van der Waals surface area contributed by atoms with E-state index in [4.69, 9.17) is 4.74 Å². The molecule has 1 saturated heterocycles. The average molecular weight is 481 g/mol. The van der Waals surface area contributed by atoms with E-state index in [-0.39, 0.29) is 23.3 Å². The topological polar surface area (TPSA) is 83.6 Å². The van der Waals surface area contributed by atoms with Crippen molar-refractivity contribution < 1.29 is 18.7 Å². The molecule has 7 nitrogen and oxygen atoms in total. The van der Waals surface area contributed by atoms with Crippen LogP contribution in [0.5, 0.6) is 11.5 Å². The fraction of sp³-hybridized carbons (Fsp3) is 0.320. The normalized spacial score (nSPS) is 15.2. The SMILES string of the molecule is CCN(CC)CC#Cc1cc2nccc(Oc3ccc(NC(=O)C4CCC(=O)N4)cc3F)c2s1. The van der Waals surface area contributed by atoms with E-state index in [1.807, 2.05) is 6.07 Å². The molecule has 1 aliphatic rings. The van der Waals surface area contributed by atoms with E-state index in [0.29, 0.717) is 25.1 Å². The van der Waals surface area contributed by atoms with Crippen LogP contribution >= 0.6 is 11.3 Å². The highest BCUT2D eigenvalue weighted by atomic mass is 32.1. The van der Waals surface area contributed by atoms with E-state index < -0.39 is 11.9 Å². The largest absolute Gasteiger partial charge is 0.453 e. The summed E-state index contributed by atoms with van der Waals surface area (Å²) >= 11 is 1.45. The number of hydrogen-bond donors (Lipinski definition) is 2. The third-order valence-electron chi connectivity index (χ3n) is 5.52. The first-order valence-corrected chi connectivity index (χ1v) is 12.0. The lowest BCUT2D eigenvalue weighted by Gasteiger charge is -2.12. The molecule has 176 valence electrons. The van der Waals surface area contributed by atoms with Crippen LogP contribution < -0.4 is 15.4 Å². The molecule has 1 aliphatic heterocycles. The van der Waals surface area contributed by atoms with E-state index in [1.165, 1.54) is 23.5 Å². The summed E-state index contributed by atoms with van der Waals surface area (Å²) in [6, 6.07) is 7.20. The van der Waals surface area contributed by atoms with Gasteiger partial charge in [0, 0.05) is 30.4 Å². The first kappa shape index (κ1) is 23.7. The summed E-state index contributed by atoms with van der Waals surface area (Å²) in [7, 11) is 0. The molecule has 1 atom stereocenters. The second-order valence-corrected chi connectivity index (χ2v) is 8.84. The summed E-state index contributed by atoms with van der Waals surface area (Å²) in [4.78, 5) is 31.0. The van der Waals surface area contributed by atoms with Crippen LogP contribution in [0.15, 0.2) is 36.5 Å². The second-order valence-electron chi connectivity index (χ2n) is 7.79. The van der Waals surface area contributed by atoms with Gasteiger partial charge in [-0.1, -0.05) is 25.7 Å². The highest BCUT2D eigenvalue weighted by Crippen LogP contribution is 2.36. The number of hydrogen-bond acceptors (Lipinski definition) is 6. The lowest BCUT2D eigenvalue weighted by molar-refractivity contribution is -0.122. The van der Waals surface area contributed by atoms with E-state index in [2.05, 4.69) is 46.2 Å². The quantitative estimate of drug-likeness (QED) is 0.497. The Balaban J connectivity index is 1.48. The Labute approximate surface area is 201 Å². The maximum atomic E-state index is 14.8. The van der Waals surface area contributed by atoms with Crippen LogP contribution in [-0.2, 0) is 9.59 Å². The fourth-order valence-corrected chi connectivity index (χ4v) is 4.50. The summed E-state index contributed by atoms with van der Waals surface area (Å²) in [5.74, 6) is 5.73. The number of halogens is 1. The zero-order chi connectivity index (χ0) is 24.1. The van der Waals surface area contributed by atoms with Crippen LogP contribution in [0.4, 0.5) is 10.1 Å². The standard InChI is InChI=1S/C25H25FN4O3S/c1-3-30(4-2)13-5-6-17-15-20-24(34-17)22(11-12-27-20)33-21-9-7-16(14-18(21)26)28-25(32)19-8-10-23(31)29-19/h7,9,11-12,14-15,19H,3-4,8,10,13H2,1-2H3,(H,28,32)(H,29,31). The number of anilines is 1.